The van der Waals surface area contributed by atoms with Crippen LogP contribution in [0.5, 0.6) is 0 Å². The van der Waals surface area contributed by atoms with Gasteiger partial charge in [-0.05, 0) is 60.7 Å². The molecule has 0 amide bonds. The largest absolute Gasteiger partial charge is 0.413 e. The number of hydrogen-bond acceptors (Lipinski definition) is 11. The van der Waals surface area contributed by atoms with Crippen molar-refractivity contribution in [1.29, 1.82) is 0 Å². The molecule has 0 aliphatic carbocycles. The molecule has 11 nitrogen and oxygen atoms in total. The summed E-state index contributed by atoms with van der Waals surface area (Å²) in [5.74, 6) is 0.982. The molecule has 0 aliphatic rings. The molecule has 0 N–H and O–H groups in total. The maximum atomic E-state index is 5.92. The molecule has 7 heterocycles. The Bertz CT molecular complexity index is 1780. The van der Waals surface area contributed by atoms with Gasteiger partial charge in [0.1, 0.15) is 22.8 Å². The van der Waals surface area contributed by atoms with Crippen LogP contribution in [0.2, 0.25) is 0 Å². The van der Waals surface area contributed by atoms with E-state index >= 15 is 0 Å². The van der Waals surface area contributed by atoms with Crippen LogP contribution < -0.4 is 0 Å². The Morgan fingerprint density at radius 2 is 0.650 bits per heavy atom. The molecule has 0 fully saturated rings. The highest BCUT2D eigenvalue weighted by atomic mass is 16.4. The second-order valence-electron chi connectivity index (χ2n) is 8.48. The first kappa shape index (κ1) is 23.2. The Kier molecular flexibility index (Phi) is 5.83. The monoisotopic (exact) mass is 523 g/mol. The molecule has 7 aromatic rings. The summed E-state index contributed by atoms with van der Waals surface area (Å²) in [5.41, 5.74) is 4.85. The molecule has 0 saturated heterocycles. The quantitative estimate of drug-likeness (QED) is 0.275. The van der Waals surface area contributed by atoms with Gasteiger partial charge < -0.3 is 8.83 Å². The topological polar surface area (TPSA) is 142 Å². The van der Waals surface area contributed by atoms with Gasteiger partial charge in [0.05, 0.1) is 22.8 Å². The minimum atomic E-state index is 0.228. The van der Waals surface area contributed by atoms with Gasteiger partial charge in [-0.2, -0.15) is 0 Å². The molecule has 11 heteroatoms. The lowest BCUT2D eigenvalue weighted by molar-refractivity contribution is 0.575. The molecule has 0 aromatic carbocycles. The molecular formula is C29H17N9O2. The molecule has 7 rings (SSSR count). The summed E-state index contributed by atoms with van der Waals surface area (Å²) >= 11 is 0. The minimum absolute atomic E-state index is 0.228. The summed E-state index contributed by atoms with van der Waals surface area (Å²) in [4.78, 5) is 22.5. The number of rotatable bonds is 6. The number of nitrogens with zero attached hydrogens (tertiary/aromatic N) is 9. The summed E-state index contributed by atoms with van der Waals surface area (Å²) < 4.78 is 11.8. The van der Waals surface area contributed by atoms with Crippen LogP contribution >= 0.6 is 0 Å². The van der Waals surface area contributed by atoms with Crippen molar-refractivity contribution in [2.75, 3.05) is 0 Å². The van der Waals surface area contributed by atoms with Crippen molar-refractivity contribution in [3.63, 3.8) is 0 Å². The second kappa shape index (κ2) is 10.1. The van der Waals surface area contributed by atoms with Crippen molar-refractivity contribution >= 4 is 0 Å². The molecule has 0 aliphatic heterocycles. The third kappa shape index (κ3) is 4.58. The Morgan fingerprint density at radius 3 is 1.00 bits per heavy atom. The van der Waals surface area contributed by atoms with Gasteiger partial charge in [-0.25, -0.2) is 15.0 Å². The Morgan fingerprint density at radius 1 is 0.325 bits per heavy atom. The van der Waals surface area contributed by atoms with E-state index < -0.39 is 0 Å². The van der Waals surface area contributed by atoms with Gasteiger partial charge >= 0.3 is 0 Å². The maximum absolute atomic E-state index is 5.92. The first-order valence-electron chi connectivity index (χ1n) is 12.2. The molecule has 0 saturated carbocycles. The third-order valence-electron chi connectivity index (χ3n) is 5.83. The molecule has 0 spiro atoms. The van der Waals surface area contributed by atoms with Crippen LogP contribution in [0.4, 0.5) is 0 Å². The standard InChI is InChI=1S/C29H17N9O2/c1-3-16-30-18(8-1)20-10-5-12-22(32-20)26-35-37-28(39-26)24-14-7-15-25(34-24)29-38-36-27(40-29)23-13-6-11-21(33-23)19-9-2-4-17-31-19/h1-17H. The fraction of sp³-hybridized carbons (Fsp3) is 0. The zero-order valence-corrected chi connectivity index (χ0v) is 20.7. The van der Waals surface area contributed by atoms with Crippen LogP contribution in [0, 0.1) is 0 Å². The zero-order valence-electron chi connectivity index (χ0n) is 20.7. The van der Waals surface area contributed by atoms with Gasteiger partial charge in [0, 0.05) is 12.4 Å². The van der Waals surface area contributed by atoms with E-state index in [0.29, 0.717) is 34.2 Å². The van der Waals surface area contributed by atoms with Gasteiger partial charge in [0.15, 0.2) is 0 Å². The lowest BCUT2D eigenvalue weighted by atomic mass is 10.2. The number of aromatic nitrogens is 9. The fourth-order valence-electron chi connectivity index (χ4n) is 3.95. The van der Waals surface area contributed by atoms with E-state index in [1.54, 1.807) is 42.7 Å². The first-order valence-corrected chi connectivity index (χ1v) is 12.2. The van der Waals surface area contributed by atoms with E-state index in [2.05, 4.69) is 45.3 Å². The SMILES string of the molecule is c1ccc(-c2cccc(-c3nnc(-c4cccc(-c5nnc(-c6cccc(-c7ccccn7)n6)o5)n4)o3)n2)nc1. The molecule has 40 heavy (non-hydrogen) atoms. The molecule has 190 valence electrons. The molecule has 0 radical (unpaired) electrons. The predicted molar refractivity (Wildman–Crippen MR) is 144 cm³/mol. The smallest absolute Gasteiger partial charge is 0.266 e. The van der Waals surface area contributed by atoms with Crippen molar-refractivity contribution < 1.29 is 8.83 Å². The molecule has 0 unspecified atom stereocenters. The molecule has 7 aromatic heterocycles. The Balaban J connectivity index is 1.15. The first-order chi connectivity index (χ1) is 19.8. The van der Waals surface area contributed by atoms with E-state index in [-0.39, 0.29) is 23.6 Å². The Hall–Kier alpha value is -5.97. The fourth-order valence-corrected chi connectivity index (χ4v) is 3.95. The van der Waals surface area contributed by atoms with Crippen LogP contribution in [0.25, 0.3) is 69.1 Å². The maximum Gasteiger partial charge on any atom is 0.266 e. The molecule has 0 atom stereocenters. The summed E-state index contributed by atoms with van der Waals surface area (Å²) in [5, 5.41) is 16.7. The summed E-state index contributed by atoms with van der Waals surface area (Å²) in [6.45, 7) is 0. The van der Waals surface area contributed by atoms with Crippen LogP contribution in [0.15, 0.2) is 112 Å². The van der Waals surface area contributed by atoms with Gasteiger partial charge in [0.25, 0.3) is 23.6 Å². The molecule has 0 bridgehead atoms. The lowest BCUT2D eigenvalue weighted by Gasteiger charge is -2.01. The van der Waals surface area contributed by atoms with Crippen LogP contribution in [0.3, 0.4) is 0 Å². The summed E-state index contributed by atoms with van der Waals surface area (Å²) in [7, 11) is 0. The van der Waals surface area contributed by atoms with Gasteiger partial charge in [-0.3, -0.25) is 9.97 Å². The summed E-state index contributed by atoms with van der Waals surface area (Å²) in [6, 6.07) is 27.7. The van der Waals surface area contributed by atoms with Crippen molar-refractivity contribution in [2.45, 2.75) is 0 Å². The Labute approximate surface area is 226 Å². The van der Waals surface area contributed by atoms with Crippen LogP contribution in [0.1, 0.15) is 0 Å². The number of pyridine rings is 5. The van der Waals surface area contributed by atoms with Crippen molar-refractivity contribution in [3.05, 3.63) is 103 Å². The molecular weight excluding hydrogens is 506 g/mol. The van der Waals surface area contributed by atoms with Crippen molar-refractivity contribution in [1.82, 2.24) is 45.3 Å². The summed E-state index contributed by atoms with van der Waals surface area (Å²) in [6.07, 6.45) is 3.44. The minimum Gasteiger partial charge on any atom is -0.413 e. The highest BCUT2D eigenvalue weighted by Crippen LogP contribution is 2.27. The number of hydrogen-bond donors (Lipinski definition) is 0. The normalized spacial score (nSPS) is 11.0. The second-order valence-corrected chi connectivity index (χ2v) is 8.48. The van der Waals surface area contributed by atoms with Crippen molar-refractivity contribution in [2.24, 2.45) is 0 Å². The van der Waals surface area contributed by atoms with E-state index in [9.17, 15) is 0 Å². The van der Waals surface area contributed by atoms with E-state index in [1.807, 2.05) is 60.7 Å². The third-order valence-corrected chi connectivity index (χ3v) is 5.83. The predicted octanol–water partition coefficient (Wildman–Crippen LogP) is 5.43. The van der Waals surface area contributed by atoms with Crippen molar-refractivity contribution in [3.8, 4) is 69.1 Å². The zero-order chi connectivity index (χ0) is 26.7. The highest BCUT2D eigenvalue weighted by molar-refractivity contribution is 5.62. The van der Waals surface area contributed by atoms with E-state index in [4.69, 9.17) is 8.83 Å². The van der Waals surface area contributed by atoms with Gasteiger partial charge in [-0.1, -0.05) is 30.3 Å². The van der Waals surface area contributed by atoms with E-state index in [1.165, 1.54) is 0 Å². The average molecular weight is 524 g/mol. The van der Waals surface area contributed by atoms with Crippen LogP contribution in [-0.4, -0.2) is 45.3 Å². The van der Waals surface area contributed by atoms with Gasteiger partial charge in [0.2, 0.25) is 0 Å². The van der Waals surface area contributed by atoms with E-state index in [0.717, 1.165) is 11.4 Å². The van der Waals surface area contributed by atoms with Gasteiger partial charge in [-0.15, -0.1) is 20.4 Å². The average Bonchev–Trinajstić information content (AvgIpc) is 3.74. The van der Waals surface area contributed by atoms with Crippen LogP contribution in [-0.2, 0) is 0 Å². The highest BCUT2D eigenvalue weighted by Gasteiger charge is 2.17. The lowest BCUT2D eigenvalue weighted by Crippen LogP contribution is -1.89.